The van der Waals surface area contributed by atoms with E-state index in [4.69, 9.17) is 16.8 Å². The van der Waals surface area contributed by atoms with E-state index in [1.54, 1.807) is 48.5 Å². The molecule has 1 nitrogen and oxygen atoms in total. The number of fused-ring (bicyclic) bond motifs is 5. The largest absolute Gasteiger partial charge is 0.456 e. The highest BCUT2D eigenvalue weighted by Gasteiger charge is 2.21. The van der Waals surface area contributed by atoms with Crippen molar-refractivity contribution in [2.24, 2.45) is 0 Å². The maximum atomic E-state index is 9.51. The van der Waals surface area contributed by atoms with Gasteiger partial charge in [-0.1, -0.05) is 176 Å². The average molecular weight is 662 g/mol. The number of rotatable bonds is 5. The van der Waals surface area contributed by atoms with Crippen molar-refractivity contribution in [2.75, 3.05) is 0 Å². The van der Waals surface area contributed by atoms with E-state index in [2.05, 4.69) is 0 Å². The molecule has 0 saturated carbocycles. The van der Waals surface area contributed by atoms with Gasteiger partial charge in [0.25, 0.3) is 0 Å². The molecule has 10 aromatic rings. The molecule has 238 valence electrons. The highest BCUT2D eigenvalue weighted by molar-refractivity contribution is 6.26. The van der Waals surface area contributed by atoms with Gasteiger partial charge in [-0.25, -0.2) is 0 Å². The molecule has 1 aromatic heterocycles. The molecule has 0 unspecified atom stereocenters. The van der Waals surface area contributed by atoms with Crippen LogP contribution in [0.5, 0.6) is 0 Å². The van der Waals surface area contributed by atoms with Crippen molar-refractivity contribution in [2.45, 2.75) is 0 Å². The first kappa shape index (κ1) is 18.9. The zero-order chi connectivity index (χ0) is 45.0. The lowest BCUT2D eigenvalue weighted by atomic mass is 9.83. The Morgan fingerprint density at radius 3 is 1.59 bits per heavy atom. The van der Waals surface area contributed by atoms with E-state index < -0.39 is 54.4 Å². The third-order valence-corrected chi connectivity index (χ3v) is 9.36. The van der Waals surface area contributed by atoms with Crippen molar-refractivity contribution < 1.29 is 22.2 Å². The first-order valence-electron chi connectivity index (χ1n) is 23.0. The lowest BCUT2D eigenvalue weighted by Crippen LogP contribution is -1.93. The summed E-state index contributed by atoms with van der Waals surface area (Å²) in [5, 5.41) is 3.88. The van der Waals surface area contributed by atoms with Gasteiger partial charge in [0.15, 0.2) is 0 Å². The lowest BCUT2D eigenvalue weighted by molar-refractivity contribution is 0.669. The molecule has 0 N–H and O–H groups in total. The van der Waals surface area contributed by atoms with Gasteiger partial charge in [-0.2, -0.15) is 0 Å². The molecule has 0 bridgehead atoms. The van der Waals surface area contributed by atoms with Crippen LogP contribution in [0.2, 0.25) is 0 Å². The molecule has 0 aliphatic rings. The lowest BCUT2D eigenvalue weighted by Gasteiger charge is -2.20. The van der Waals surface area contributed by atoms with Crippen LogP contribution in [0.4, 0.5) is 0 Å². The Balaban J connectivity index is 1.31. The summed E-state index contributed by atoms with van der Waals surface area (Å²) >= 11 is 0. The van der Waals surface area contributed by atoms with E-state index in [-0.39, 0.29) is 52.0 Å². The minimum atomic E-state index is -0.584. The third-order valence-electron chi connectivity index (χ3n) is 9.36. The summed E-state index contributed by atoms with van der Waals surface area (Å²) in [6.45, 7) is 0. The van der Waals surface area contributed by atoms with Crippen LogP contribution in [0.15, 0.2) is 198 Å². The summed E-state index contributed by atoms with van der Waals surface area (Å²) < 4.78 is 122. The van der Waals surface area contributed by atoms with E-state index in [9.17, 15) is 5.48 Å². The van der Waals surface area contributed by atoms with Crippen LogP contribution in [-0.4, -0.2) is 0 Å². The van der Waals surface area contributed by atoms with E-state index in [0.717, 1.165) is 11.1 Å². The Bertz CT molecular complexity index is 3540. The van der Waals surface area contributed by atoms with Crippen molar-refractivity contribution in [3.05, 3.63) is 194 Å². The van der Waals surface area contributed by atoms with Crippen LogP contribution in [-0.2, 0) is 0 Å². The monoisotopic (exact) mass is 661 g/mol. The van der Waals surface area contributed by atoms with Gasteiger partial charge in [-0.3, -0.25) is 0 Å². The molecule has 0 fully saturated rings. The molecular weight excluding hydrogens is 617 g/mol. The van der Waals surface area contributed by atoms with Gasteiger partial charge >= 0.3 is 0 Å². The first-order chi connectivity index (χ1) is 30.7. The van der Waals surface area contributed by atoms with Crippen molar-refractivity contribution in [1.29, 1.82) is 0 Å². The normalized spacial score (nSPS) is 15.1. The van der Waals surface area contributed by atoms with Gasteiger partial charge in [0.2, 0.25) is 0 Å². The SMILES string of the molecule is [2H]c1c([2H])c([2H])c(-c2ccc3oc4cccc(-c5c6ccccc6c(-c6c([2H])c([2H])c([2H])c([2H])c6-c6c([2H])c([2H])c(-c7ccccc7)c([2H])c6[2H])c6ccccc56)c4c3c2)c([2H])c1[2H]. The van der Waals surface area contributed by atoms with Crippen LogP contribution in [0.1, 0.15) is 17.8 Å². The molecule has 0 aliphatic carbocycles. The van der Waals surface area contributed by atoms with E-state index in [1.807, 2.05) is 66.7 Å². The van der Waals surface area contributed by atoms with Crippen LogP contribution in [0.3, 0.4) is 0 Å². The summed E-state index contributed by atoms with van der Waals surface area (Å²) in [5.74, 6) is 0. The smallest absolute Gasteiger partial charge is 0.136 e. The number of furan rings is 1. The van der Waals surface area contributed by atoms with Crippen molar-refractivity contribution in [3.8, 4) is 55.6 Å². The van der Waals surface area contributed by atoms with Gasteiger partial charge in [-0.15, -0.1) is 0 Å². The number of benzene rings is 9. The Morgan fingerprint density at radius 1 is 0.333 bits per heavy atom. The highest BCUT2D eigenvalue weighted by atomic mass is 16.3. The molecule has 10 rings (SSSR count). The minimum absolute atomic E-state index is 0.0217. The summed E-state index contributed by atoms with van der Waals surface area (Å²) in [4.78, 5) is 0. The predicted molar refractivity (Wildman–Crippen MR) is 216 cm³/mol. The molecule has 0 atom stereocenters. The molecule has 0 saturated heterocycles. The zero-order valence-electron chi connectivity index (χ0n) is 39.9. The zero-order valence-corrected chi connectivity index (χ0v) is 26.9. The fourth-order valence-corrected chi connectivity index (χ4v) is 7.15. The van der Waals surface area contributed by atoms with Gasteiger partial charge in [0.1, 0.15) is 11.2 Å². The molecule has 1 heteroatoms. The topological polar surface area (TPSA) is 13.1 Å². The third kappa shape index (κ3) is 4.86. The minimum Gasteiger partial charge on any atom is -0.456 e. The molecule has 51 heavy (non-hydrogen) atoms. The van der Waals surface area contributed by atoms with Crippen LogP contribution >= 0.6 is 0 Å². The van der Waals surface area contributed by atoms with E-state index in [1.165, 1.54) is 0 Å². The predicted octanol–water partition coefficient (Wildman–Crippen LogP) is 14.2. The average Bonchev–Trinajstić information content (AvgIpc) is 3.69. The molecular formula is C50H32O. The fourth-order valence-electron chi connectivity index (χ4n) is 7.15. The Labute approximate surface area is 315 Å². The standard InChI is InChI=1S/C50H32O/c1-3-14-33(15-4-1)35-26-28-36(29-27-35)38-18-7-8-19-39(38)48-40-20-9-11-22-42(40)49(43-23-12-10-21-41(43)48)44-24-13-25-47-50(44)45-32-37(30-31-46(45)51-47)34-16-5-2-6-17-34/h1-32H/i2D,5D,6D,7D,8D,16D,17D,18D,19D,26D,27D,28D,29D. The van der Waals surface area contributed by atoms with E-state index in [0.29, 0.717) is 60.2 Å². The summed E-state index contributed by atoms with van der Waals surface area (Å²) in [5.41, 5.74) is 3.56. The van der Waals surface area contributed by atoms with Gasteiger partial charge in [-0.05, 0) is 95.4 Å². The summed E-state index contributed by atoms with van der Waals surface area (Å²) in [6.07, 6.45) is 0. The van der Waals surface area contributed by atoms with Crippen molar-refractivity contribution in [3.63, 3.8) is 0 Å². The van der Waals surface area contributed by atoms with Crippen LogP contribution in [0, 0.1) is 0 Å². The van der Waals surface area contributed by atoms with Gasteiger partial charge in [0, 0.05) is 10.8 Å². The molecule has 1 heterocycles. The van der Waals surface area contributed by atoms with Gasteiger partial charge in [0.05, 0.1) is 17.8 Å². The molecule has 0 amide bonds. The maximum Gasteiger partial charge on any atom is 0.136 e. The molecule has 9 aromatic carbocycles. The second-order valence-electron chi connectivity index (χ2n) is 12.2. The molecule has 0 aliphatic heterocycles. The Morgan fingerprint density at radius 2 is 0.902 bits per heavy atom. The van der Waals surface area contributed by atoms with Gasteiger partial charge < -0.3 is 4.42 Å². The van der Waals surface area contributed by atoms with Crippen molar-refractivity contribution in [1.82, 2.24) is 0 Å². The first-order valence-corrected chi connectivity index (χ1v) is 16.5. The van der Waals surface area contributed by atoms with Crippen LogP contribution < -0.4 is 0 Å². The Hall–Kier alpha value is -6.70. The summed E-state index contributed by atoms with van der Waals surface area (Å²) in [6, 6.07) is 28.7. The quantitative estimate of drug-likeness (QED) is 0.167. The number of hydrogen-bond acceptors (Lipinski definition) is 1. The van der Waals surface area contributed by atoms with E-state index >= 15 is 0 Å². The van der Waals surface area contributed by atoms with Crippen molar-refractivity contribution >= 4 is 43.5 Å². The maximum absolute atomic E-state index is 9.51. The second kappa shape index (κ2) is 12.0. The fraction of sp³-hybridized carbons (Fsp3) is 0. The van der Waals surface area contributed by atoms with Crippen LogP contribution in [0.25, 0.3) is 99.1 Å². The Kier molecular flexibility index (Phi) is 4.45. The second-order valence-corrected chi connectivity index (χ2v) is 12.2. The molecule has 0 spiro atoms. The summed E-state index contributed by atoms with van der Waals surface area (Å²) in [7, 11) is 0. The highest BCUT2D eigenvalue weighted by Crippen LogP contribution is 2.48. The number of hydrogen-bond donors (Lipinski definition) is 0. The molecule has 0 radical (unpaired) electrons.